The van der Waals surface area contributed by atoms with Gasteiger partial charge in [0.25, 0.3) is 0 Å². The van der Waals surface area contributed by atoms with Crippen molar-refractivity contribution in [1.82, 2.24) is 0 Å². The number of benzene rings is 1. The van der Waals surface area contributed by atoms with Crippen molar-refractivity contribution in [1.29, 1.82) is 0 Å². The number of sulfonamides is 1. The molecule has 0 heterocycles. The fourth-order valence-electron chi connectivity index (χ4n) is 1.33. The molecule has 90 valence electrons. The highest BCUT2D eigenvalue weighted by atomic mass is 32.2. The lowest BCUT2D eigenvalue weighted by molar-refractivity contribution is 0.288. The van der Waals surface area contributed by atoms with Crippen LogP contribution < -0.4 is 4.72 Å². The summed E-state index contributed by atoms with van der Waals surface area (Å²) in [5.41, 5.74) is 1.60. The van der Waals surface area contributed by atoms with Crippen LogP contribution in [-0.4, -0.2) is 25.9 Å². The minimum Gasteiger partial charge on any atom is -0.396 e. The zero-order chi connectivity index (χ0) is 12.0. The number of aliphatic hydroxyl groups is 1. The molecule has 0 saturated heterocycles. The van der Waals surface area contributed by atoms with E-state index >= 15 is 0 Å². The van der Waals surface area contributed by atoms with Gasteiger partial charge >= 0.3 is 0 Å². The quantitative estimate of drug-likeness (QED) is 0.793. The lowest BCUT2D eigenvalue weighted by Crippen LogP contribution is -2.14. The molecule has 0 fully saturated rings. The topological polar surface area (TPSA) is 66.4 Å². The van der Waals surface area contributed by atoms with Crippen molar-refractivity contribution in [2.75, 3.05) is 17.1 Å². The molecule has 0 bridgehead atoms. The standard InChI is InChI=1S/C11H17NO3S/c1-2-16(14,15)12-11-7-3-5-10(9-11)6-4-8-13/h3,5,7,9,12-13H,2,4,6,8H2,1H3. The SMILES string of the molecule is CCS(=O)(=O)Nc1cccc(CCCO)c1. The Hall–Kier alpha value is -1.07. The van der Waals surface area contributed by atoms with E-state index < -0.39 is 10.0 Å². The molecule has 0 saturated carbocycles. The molecule has 0 radical (unpaired) electrons. The first kappa shape index (κ1) is 13.0. The second-order valence-corrected chi connectivity index (χ2v) is 5.54. The number of hydrogen-bond acceptors (Lipinski definition) is 3. The molecule has 0 aliphatic heterocycles. The fraction of sp³-hybridized carbons (Fsp3) is 0.455. The summed E-state index contributed by atoms with van der Waals surface area (Å²) >= 11 is 0. The summed E-state index contributed by atoms with van der Waals surface area (Å²) in [6.45, 7) is 1.74. The van der Waals surface area contributed by atoms with Crippen LogP contribution in [-0.2, 0) is 16.4 Å². The molecule has 0 unspecified atom stereocenters. The first-order valence-corrected chi connectivity index (χ1v) is 6.93. The van der Waals surface area contributed by atoms with Crippen LogP contribution in [0.1, 0.15) is 18.9 Å². The minimum atomic E-state index is -3.21. The Bertz CT molecular complexity index is 429. The molecule has 2 N–H and O–H groups in total. The van der Waals surface area contributed by atoms with Gasteiger partial charge in [-0.05, 0) is 37.5 Å². The van der Waals surface area contributed by atoms with Crippen molar-refractivity contribution in [2.24, 2.45) is 0 Å². The van der Waals surface area contributed by atoms with Crippen LogP contribution in [0.4, 0.5) is 5.69 Å². The van der Waals surface area contributed by atoms with E-state index in [0.717, 1.165) is 12.0 Å². The van der Waals surface area contributed by atoms with E-state index in [-0.39, 0.29) is 12.4 Å². The lowest BCUT2D eigenvalue weighted by Gasteiger charge is -2.07. The molecule has 0 aromatic heterocycles. The molecule has 1 rings (SSSR count). The Morgan fingerprint density at radius 2 is 2.12 bits per heavy atom. The second kappa shape index (κ2) is 5.86. The van der Waals surface area contributed by atoms with Crippen LogP contribution in [0.5, 0.6) is 0 Å². The number of nitrogens with one attached hydrogen (secondary N) is 1. The molecule has 1 aromatic rings. The molecule has 0 amide bonds. The second-order valence-electron chi connectivity index (χ2n) is 3.53. The first-order chi connectivity index (χ1) is 7.57. The number of hydrogen-bond donors (Lipinski definition) is 2. The third-order valence-electron chi connectivity index (χ3n) is 2.20. The van der Waals surface area contributed by atoms with Crippen molar-refractivity contribution in [3.8, 4) is 0 Å². The Morgan fingerprint density at radius 3 is 2.75 bits per heavy atom. The summed E-state index contributed by atoms with van der Waals surface area (Å²) < 4.78 is 25.2. The van der Waals surface area contributed by atoms with Crippen LogP contribution in [0.15, 0.2) is 24.3 Å². The van der Waals surface area contributed by atoms with Gasteiger partial charge in [0.1, 0.15) is 0 Å². The highest BCUT2D eigenvalue weighted by molar-refractivity contribution is 7.92. The summed E-state index contributed by atoms with van der Waals surface area (Å²) in [4.78, 5) is 0. The van der Waals surface area contributed by atoms with Gasteiger partial charge in [-0.3, -0.25) is 4.72 Å². The van der Waals surface area contributed by atoms with E-state index in [9.17, 15) is 8.42 Å². The zero-order valence-corrected chi connectivity index (χ0v) is 10.1. The van der Waals surface area contributed by atoms with Crippen LogP contribution in [0, 0.1) is 0 Å². The number of rotatable bonds is 6. The molecule has 0 spiro atoms. The molecule has 0 atom stereocenters. The van der Waals surface area contributed by atoms with E-state index in [0.29, 0.717) is 12.1 Å². The maximum atomic E-state index is 11.3. The largest absolute Gasteiger partial charge is 0.396 e. The van der Waals surface area contributed by atoms with Crippen LogP contribution >= 0.6 is 0 Å². The van der Waals surface area contributed by atoms with Gasteiger partial charge < -0.3 is 5.11 Å². The summed E-state index contributed by atoms with van der Waals surface area (Å²) in [6.07, 6.45) is 1.43. The Labute approximate surface area is 96.4 Å². The third kappa shape index (κ3) is 4.20. The van der Waals surface area contributed by atoms with E-state index in [1.807, 2.05) is 6.07 Å². The summed E-state index contributed by atoms with van der Waals surface area (Å²) in [7, 11) is -3.21. The summed E-state index contributed by atoms with van der Waals surface area (Å²) in [5.74, 6) is 0.0634. The van der Waals surface area contributed by atoms with Crippen molar-refractivity contribution < 1.29 is 13.5 Å². The Balaban J connectivity index is 2.75. The number of aryl methyl sites for hydroxylation is 1. The molecular formula is C11H17NO3S. The normalized spacial score (nSPS) is 11.4. The van der Waals surface area contributed by atoms with Gasteiger partial charge in [-0.25, -0.2) is 8.42 Å². The fourth-order valence-corrected chi connectivity index (χ4v) is 1.96. The molecule has 4 nitrogen and oxygen atoms in total. The molecular weight excluding hydrogens is 226 g/mol. The van der Waals surface area contributed by atoms with Gasteiger partial charge in [-0.1, -0.05) is 12.1 Å². The monoisotopic (exact) mass is 243 g/mol. The van der Waals surface area contributed by atoms with Crippen LogP contribution in [0.3, 0.4) is 0 Å². The van der Waals surface area contributed by atoms with Gasteiger partial charge in [0, 0.05) is 12.3 Å². The van der Waals surface area contributed by atoms with Gasteiger partial charge in [-0.15, -0.1) is 0 Å². The van der Waals surface area contributed by atoms with E-state index in [1.165, 1.54) is 0 Å². The lowest BCUT2D eigenvalue weighted by atomic mass is 10.1. The number of aliphatic hydroxyl groups excluding tert-OH is 1. The smallest absolute Gasteiger partial charge is 0.232 e. The predicted octanol–water partition coefficient (Wildman–Crippen LogP) is 1.37. The highest BCUT2D eigenvalue weighted by Gasteiger charge is 2.06. The average molecular weight is 243 g/mol. The Kier molecular flexibility index (Phi) is 4.76. The summed E-state index contributed by atoms with van der Waals surface area (Å²) in [6, 6.07) is 7.23. The number of anilines is 1. The van der Waals surface area contributed by atoms with E-state index in [4.69, 9.17) is 5.11 Å². The van der Waals surface area contributed by atoms with Gasteiger partial charge in [0.15, 0.2) is 0 Å². The van der Waals surface area contributed by atoms with Crippen molar-refractivity contribution >= 4 is 15.7 Å². The maximum Gasteiger partial charge on any atom is 0.232 e. The molecule has 1 aromatic carbocycles. The molecule has 0 aliphatic rings. The minimum absolute atomic E-state index is 0.0634. The molecule has 16 heavy (non-hydrogen) atoms. The van der Waals surface area contributed by atoms with E-state index in [2.05, 4.69) is 4.72 Å². The summed E-state index contributed by atoms with van der Waals surface area (Å²) in [5, 5.41) is 8.71. The van der Waals surface area contributed by atoms with Gasteiger partial charge in [0.2, 0.25) is 10.0 Å². The third-order valence-corrected chi connectivity index (χ3v) is 3.51. The van der Waals surface area contributed by atoms with Crippen molar-refractivity contribution in [3.05, 3.63) is 29.8 Å². The zero-order valence-electron chi connectivity index (χ0n) is 9.31. The highest BCUT2D eigenvalue weighted by Crippen LogP contribution is 2.13. The van der Waals surface area contributed by atoms with E-state index in [1.54, 1.807) is 25.1 Å². The molecule has 0 aliphatic carbocycles. The Morgan fingerprint density at radius 1 is 1.38 bits per heavy atom. The maximum absolute atomic E-state index is 11.3. The predicted molar refractivity (Wildman–Crippen MR) is 64.9 cm³/mol. The molecule has 5 heteroatoms. The van der Waals surface area contributed by atoms with Crippen LogP contribution in [0.25, 0.3) is 0 Å². The van der Waals surface area contributed by atoms with Gasteiger partial charge in [0.05, 0.1) is 5.75 Å². The van der Waals surface area contributed by atoms with Gasteiger partial charge in [-0.2, -0.15) is 0 Å². The van der Waals surface area contributed by atoms with Crippen molar-refractivity contribution in [3.63, 3.8) is 0 Å². The average Bonchev–Trinajstić information content (AvgIpc) is 2.26. The first-order valence-electron chi connectivity index (χ1n) is 5.27. The van der Waals surface area contributed by atoms with Crippen LogP contribution in [0.2, 0.25) is 0 Å². The van der Waals surface area contributed by atoms with Crippen molar-refractivity contribution in [2.45, 2.75) is 19.8 Å².